The first-order valence-corrected chi connectivity index (χ1v) is 4.40. The van der Waals surface area contributed by atoms with E-state index in [0.29, 0.717) is 13.0 Å². The number of hydrogen-bond donors (Lipinski definition) is 2. The summed E-state index contributed by atoms with van der Waals surface area (Å²) in [6.45, 7) is 5.65. The highest BCUT2D eigenvalue weighted by Gasteiger charge is 2.25. The minimum Gasteiger partial charge on any atom is -0.353 e. The number of carbonyl (C=O) groups excluding carboxylic acids is 1. The first kappa shape index (κ1) is 11.9. The van der Waals surface area contributed by atoms with Gasteiger partial charge in [-0.25, -0.2) is 0 Å². The van der Waals surface area contributed by atoms with Crippen molar-refractivity contribution in [2.75, 3.05) is 6.54 Å². The summed E-state index contributed by atoms with van der Waals surface area (Å²) in [6.07, 6.45) is 0.583. The number of nitrogens with two attached hydrogens (primary N) is 1. The predicted octanol–water partition coefficient (Wildman–Crippen LogP) is 0.390. The Balaban J connectivity index is 3.97. The molecule has 0 aliphatic carbocycles. The Morgan fingerprint density at radius 2 is 2.31 bits per heavy atom. The number of nitriles is 1. The molecule has 0 aromatic carbocycles. The van der Waals surface area contributed by atoms with Gasteiger partial charge in [-0.05, 0) is 20.3 Å². The van der Waals surface area contributed by atoms with E-state index in [1.165, 1.54) is 0 Å². The molecule has 13 heavy (non-hydrogen) atoms. The van der Waals surface area contributed by atoms with Gasteiger partial charge in [0.15, 0.2) is 0 Å². The molecule has 3 N–H and O–H groups in total. The van der Waals surface area contributed by atoms with Crippen molar-refractivity contribution in [3.63, 3.8) is 0 Å². The van der Waals surface area contributed by atoms with Gasteiger partial charge in [-0.2, -0.15) is 5.26 Å². The molecule has 0 aromatic rings. The first-order chi connectivity index (χ1) is 5.94. The van der Waals surface area contributed by atoms with Crippen LogP contribution in [0.3, 0.4) is 0 Å². The van der Waals surface area contributed by atoms with Crippen molar-refractivity contribution in [3.05, 3.63) is 0 Å². The SMILES string of the molecule is CCC(C)(N)C(=O)NCC(C)C#N. The zero-order valence-corrected chi connectivity index (χ0v) is 8.42. The monoisotopic (exact) mass is 183 g/mol. The molecule has 0 spiro atoms. The smallest absolute Gasteiger partial charge is 0.239 e. The summed E-state index contributed by atoms with van der Waals surface area (Å²) in [6, 6.07) is 2.03. The lowest BCUT2D eigenvalue weighted by atomic mass is 9.99. The van der Waals surface area contributed by atoms with Gasteiger partial charge in [0.05, 0.1) is 17.5 Å². The number of carbonyl (C=O) groups is 1. The van der Waals surface area contributed by atoms with E-state index in [2.05, 4.69) is 5.32 Å². The molecule has 0 rings (SSSR count). The minimum atomic E-state index is -0.824. The summed E-state index contributed by atoms with van der Waals surface area (Å²) in [7, 11) is 0. The van der Waals surface area contributed by atoms with Crippen LogP contribution in [-0.4, -0.2) is 18.0 Å². The molecule has 4 heteroatoms. The van der Waals surface area contributed by atoms with Crippen LogP contribution in [0.1, 0.15) is 27.2 Å². The van der Waals surface area contributed by atoms with Gasteiger partial charge in [0.2, 0.25) is 5.91 Å². The standard InChI is InChI=1S/C9H17N3O/c1-4-9(3,11)8(13)12-6-7(2)5-10/h7H,4,6,11H2,1-3H3,(H,12,13). The van der Waals surface area contributed by atoms with Crippen LogP contribution in [-0.2, 0) is 4.79 Å². The maximum absolute atomic E-state index is 11.4. The largest absolute Gasteiger partial charge is 0.353 e. The van der Waals surface area contributed by atoms with E-state index < -0.39 is 5.54 Å². The van der Waals surface area contributed by atoms with Crippen LogP contribution in [0.15, 0.2) is 0 Å². The third-order valence-corrected chi connectivity index (χ3v) is 2.04. The van der Waals surface area contributed by atoms with Crippen molar-refractivity contribution < 1.29 is 4.79 Å². The zero-order chi connectivity index (χ0) is 10.5. The molecule has 4 nitrogen and oxygen atoms in total. The van der Waals surface area contributed by atoms with E-state index in [4.69, 9.17) is 11.0 Å². The van der Waals surface area contributed by atoms with Crippen molar-refractivity contribution in [1.82, 2.24) is 5.32 Å². The molecule has 0 aliphatic heterocycles. The second-order valence-electron chi connectivity index (χ2n) is 3.51. The van der Waals surface area contributed by atoms with Crippen molar-refractivity contribution in [3.8, 4) is 6.07 Å². The predicted molar refractivity (Wildman–Crippen MR) is 50.7 cm³/mol. The Hall–Kier alpha value is -1.08. The quantitative estimate of drug-likeness (QED) is 0.661. The molecule has 0 aliphatic rings. The van der Waals surface area contributed by atoms with E-state index in [0.717, 1.165) is 0 Å². The van der Waals surface area contributed by atoms with Gasteiger partial charge in [-0.1, -0.05) is 6.92 Å². The van der Waals surface area contributed by atoms with Gasteiger partial charge in [0.1, 0.15) is 0 Å². The zero-order valence-electron chi connectivity index (χ0n) is 8.42. The number of rotatable bonds is 4. The van der Waals surface area contributed by atoms with Crippen LogP contribution in [0.4, 0.5) is 0 Å². The maximum atomic E-state index is 11.4. The second kappa shape index (κ2) is 4.83. The topological polar surface area (TPSA) is 78.9 Å². The van der Waals surface area contributed by atoms with Crippen molar-refractivity contribution >= 4 is 5.91 Å². The number of nitrogens with one attached hydrogen (secondary N) is 1. The Kier molecular flexibility index (Phi) is 4.43. The molecule has 0 fully saturated rings. The van der Waals surface area contributed by atoms with Crippen LogP contribution >= 0.6 is 0 Å². The van der Waals surface area contributed by atoms with E-state index >= 15 is 0 Å². The van der Waals surface area contributed by atoms with E-state index in [9.17, 15) is 4.79 Å². The van der Waals surface area contributed by atoms with Crippen molar-refractivity contribution in [1.29, 1.82) is 5.26 Å². The molecule has 0 aromatic heterocycles. The van der Waals surface area contributed by atoms with Crippen LogP contribution < -0.4 is 11.1 Å². The highest BCUT2D eigenvalue weighted by atomic mass is 16.2. The third kappa shape index (κ3) is 3.90. The average Bonchev–Trinajstić information content (AvgIpc) is 2.13. The molecule has 74 valence electrons. The second-order valence-corrected chi connectivity index (χ2v) is 3.51. The van der Waals surface area contributed by atoms with Gasteiger partial charge in [-0.3, -0.25) is 4.79 Å². The summed E-state index contributed by atoms with van der Waals surface area (Å²) in [5.41, 5.74) is 4.87. The Labute approximate surface area is 79.1 Å². The van der Waals surface area contributed by atoms with E-state index in [1.54, 1.807) is 13.8 Å². The first-order valence-electron chi connectivity index (χ1n) is 4.40. The minimum absolute atomic E-state index is 0.170. The molecule has 0 saturated heterocycles. The maximum Gasteiger partial charge on any atom is 0.239 e. The van der Waals surface area contributed by atoms with Crippen LogP contribution in [0, 0.1) is 17.2 Å². The third-order valence-electron chi connectivity index (χ3n) is 2.04. The van der Waals surface area contributed by atoms with Crippen LogP contribution in [0.5, 0.6) is 0 Å². The van der Waals surface area contributed by atoms with Gasteiger partial charge >= 0.3 is 0 Å². The van der Waals surface area contributed by atoms with Crippen molar-refractivity contribution in [2.45, 2.75) is 32.7 Å². The number of nitrogens with zero attached hydrogens (tertiary/aromatic N) is 1. The molecule has 0 saturated carbocycles. The number of hydrogen-bond acceptors (Lipinski definition) is 3. The summed E-state index contributed by atoms with van der Waals surface area (Å²) in [5, 5.41) is 11.1. The van der Waals surface area contributed by atoms with Crippen LogP contribution in [0.25, 0.3) is 0 Å². The summed E-state index contributed by atoms with van der Waals surface area (Å²) in [5.74, 6) is -0.367. The molecule has 1 amide bonds. The molecular weight excluding hydrogens is 166 g/mol. The normalized spacial score (nSPS) is 16.8. The average molecular weight is 183 g/mol. The Bertz CT molecular complexity index is 217. The number of amides is 1. The highest BCUT2D eigenvalue weighted by molar-refractivity contribution is 5.85. The molecule has 0 radical (unpaired) electrons. The summed E-state index contributed by atoms with van der Waals surface area (Å²) in [4.78, 5) is 11.4. The van der Waals surface area contributed by atoms with Gasteiger partial charge in [0.25, 0.3) is 0 Å². The lowest BCUT2D eigenvalue weighted by Crippen LogP contribution is -2.51. The molecule has 2 unspecified atom stereocenters. The van der Waals surface area contributed by atoms with E-state index in [1.807, 2.05) is 13.0 Å². The fourth-order valence-electron chi connectivity index (χ4n) is 0.654. The summed E-state index contributed by atoms with van der Waals surface area (Å²) >= 11 is 0. The van der Waals surface area contributed by atoms with Crippen LogP contribution in [0.2, 0.25) is 0 Å². The fraction of sp³-hybridized carbons (Fsp3) is 0.778. The molecule has 2 atom stereocenters. The van der Waals surface area contributed by atoms with E-state index in [-0.39, 0.29) is 11.8 Å². The lowest BCUT2D eigenvalue weighted by Gasteiger charge is -2.21. The fourth-order valence-corrected chi connectivity index (χ4v) is 0.654. The molecule has 0 heterocycles. The van der Waals surface area contributed by atoms with Gasteiger partial charge < -0.3 is 11.1 Å². The lowest BCUT2D eigenvalue weighted by molar-refractivity contribution is -0.125. The summed E-state index contributed by atoms with van der Waals surface area (Å²) < 4.78 is 0. The Morgan fingerprint density at radius 1 is 1.77 bits per heavy atom. The van der Waals surface area contributed by atoms with Crippen molar-refractivity contribution in [2.24, 2.45) is 11.7 Å². The molecular formula is C9H17N3O. The highest BCUT2D eigenvalue weighted by Crippen LogP contribution is 2.04. The molecule has 0 bridgehead atoms. The van der Waals surface area contributed by atoms with Gasteiger partial charge in [-0.15, -0.1) is 0 Å². The van der Waals surface area contributed by atoms with Gasteiger partial charge in [0, 0.05) is 6.54 Å². The Morgan fingerprint density at radius 3 is 2.69 bits per heavy atom.